The van der Waals surface area contributed by atoms with E-state index in [1.165, 1.54) is 6.07 Å². The van der Waals surface area contributed by atoms with Gasteiger partial charge in [0.05, 0.1) is 18.9 Å². The second kappa shape index (κ2) is 6.39. The lowest BCUT2D eigenvalue weighted by Gasteiger charge is -2.23. The van der Waals surface area contributed by atoms with E-state index in [1.807, 2.05) is 0 Å². The summed E-state index contributed by atoms with van der Waals surface area (Å²) < 4.78 is 18.7. The fraction of sp³-hybridized carbons (Fsp3) is 0.250. The molecule has 0 aliphatic rings. The molecule has 0 fully saturated rings. The van der Waals surface area contributed by atoms with Crippen molar-refractivity contribution in [3.05, 3.63) is 59.9 Å². The minimum absolute atomic E-state index is 0.295. The van der Waals surface area contributed by atoms with Gasteiger partial charge in [-0.3, -0.25) is 0 Å². The van der Waals surface area contributed by atoms with Crippen LogP contribution in [0.25, 0.3) is 0 Å². The Morgan fingerprint density at radius 3 is 2.40 bits per heavy atom. The Hall–Kier alpha value is -2.07. The van der Waals surface area contributed by atoms with Crippen molar-refractivity contribution in [2.45, 2.75) is 6.10 Å². The number of hydrogen-bond acceptors (Lipinski definition) is 3. The summed E-state index contributed by atoms with van der Waals surface area (Å²) in [6.45, 7) is 0.313. The maximum absolute atomic E-state index is 13.7. The van der Waals surface area contributed by atoms with E-state index >= 15 is 0 Å². The Balaban J connectivity index is 2.06. The number of aliphatic hydroxyl groups is 1. The molecule has 0 spiro atoms. The first kappa shape index (κ1) is 14.3. The number of methoxy groups -OCH3 is 1. The van der Waals surface area contributed by atoms with Gasteiger partial charge in [0.15, 0.2) is 0 Å². The monoisotopic (exact) mass is 275 g/mol. The van der Waals surface area contributed by atoms with Gasteiger partial charge in [-0.25, -0.2) is 4.39 Å². The van der Waals surface area contributed by atoms with E-state index in [0.29, 0.717) is 12.2 Å². The molecule has 0 saturated heterocycles. The molecule has 0 bridgehead atoms. The van der Waals surface area contributed by atoms with Crippen LogP contribution in [-0.2, 0) is 0 Å². The number of hydrogen-bond donors (Lipinski definition) is 1. The molecule has 2 aromatic rings. The molecule has 0 aromatic heterocycles. The molecule has 0 heterocycles. The molecular formula is C16H18FNO2. The average Bonchev–Trinajstić information content (AvgIpc) is 2.47. The fourth-order valence-electron chi connectivity index (χ4n) is 2.05. The highest BCUT2D eigenvalue weighted by Gasteiger charge is 2.13. The SMILES string of the molecule is COc1ccc(C(O)CN(C)c2ccccc2F)cc1. The van der Waals surface area contributed by atoms with Crippen molar-refractivity contribution >= 4 is 5.69 Å². The summed E-state index contributed by atoms with van der Waals surface area (Å²) in [5.74, 6) is 0.445. The van der Waals surface area contributed by atoms with Crippen molar-refractivity contribution in [3.63, 3.8) is 0 Å². The number of aliphatic hydroxyl groups excluding tert-OH is 1. The lowest BCUT2D eigenvalue weighted by Crippen LogP contribution is -2.24. The van der Waals surface area contributed by atoms with E-state index in [9.17, 15) is 9.50 Å². The largest absolute Gasteiger partial charge is 0.497 e. The van der Waals surface area contributed by atoms with Crippen LogP contribution in [0.2, 0.25) is 0 Å². The molecule has 1 atom stereocenters. The number of likely N-dealkylation sites (N-methyl/N-ethyl adjacent to an activating group) is 1. The quantitative estimate of drug-likeness (QED) is 0.910. The van der Waals surface area contributed by atoms with Crippen LogP contribution >= 0.6 is 0 Å². The Kier molecular flexibility index (Phi) is 4.58. The van der Waals surface area contributed by atoms with E-state index in [1.54, 1.807) is 61.5 Å². The highest BCUT2D eigenvalue weighted by atomic mass is 19.1. The first-order chi connectivity index (χ1) is 9.61. The highest BCUT2D eigenvalue weighted by Crippen LogP contribution is 2.22. The molecule has 0 radical (unpaired) electrons. The minimum Gasteiger partial charge on any atom is -0.497 e. The zero-order valence-corrected chi connectivity index (χ0v) is 11.6. The van der Waals surface area contributed by atoms with Crippen LogP contribution < -0.4 is 9.64 Å². The third-order valence-electron chi connectivity index (χ3n) is 3.21. The van der Waals surface area contributed by atoms with Gasteiger partial charge >= 0.3 is 0 Å². The first-order valence-electron chi connectivity index (χ1n) is 6.39. The normalized spacial score (nSPS) is 12.0. The smallest absolute Gasteiger partial charge is 0.146 e. The standard InChI is InChI=1S/C16H18FNO2/c1-18(15-6-4-3-5-14(15)17)11-16(19)12-7-9-13(20-2)10-8-12/h3-10,16,19H,11H2,1-2H3. The van der Waals surface area contributed by atoms with Crippen molar-refractivity contribution in [2.75, 3.05) is 25.6 Å². The fourth-order valence-corrected chi connectivity index (χ4v) is 2.05. The van der Waals surface area contributed by atoms with Crippen molar-refractivity contribution in [2.24, 2.45) is 0 Å². The summed E-state index contributed by atoms with van der Waals surface area (Å²) >= 11 is 0. The third kappa shape index (κ3) is 3.27. The second-order valence-corrected chi connectivity index (χ2v) is 4.62. The second-order valence-electron chi connectivity index (χ2n) is 4.62. The van der Waals surface area contributed by atoms with Crippen LogP contribution in [0.15, 0.2) is 48.5 Å². The zero-order chi connectivity index (χ0) is 14.5. The van der Waals surface area contributed by atoms with Crippen molar-refractivity contribution in [1.29, 1.82) is 0 Å². The summed E-state index contributed by atoms with van der Waals surface area (Å²) in [5.41, 5.74) is 1.24. The van der Waals surface area contributed by atoms with Gasteiger partial charge in [0.1, 0.15) is 11.6 Å². The Morgan fingerprint density at radius 1 is 1.15 bits per heavy atom. The van der Waals surface area contributed by atoms with Crippen LogP contribution in [0.3, 0.4) is 0 Å². The predicted molar refractivity (Wildman–Crippen MR) is 77.6 cm³/mol. The number of benzene rings is 2. The van der Waals surface area contributed by atoms with Gasteiger partial charge in [-0.2, -0.15) is 0 Å². The molecule has 1 unspecified atom stereocenters. The Bertz CT molecular complexity index is 557. The lowest BCUT2D eigenvalue weighted by molar-refractivity contribution is 0.184. The number of ether oxygens (including phenoxy) is 1. The van der Waals surface area contributed by atoms with Gasteiger partial charge in [-0.1, -0.05) is 24.3 Å². The minimum atomic E-state index is -0.689. The van der Waals surface area contributed by atoms with E-state index in [4.69, 9.17) is 4.74 Å². The maximum atomic E-state index is 13.7. The molecule has 2 rings (SSSR count). The molecule has 4 heteroatoms. The van der Waals surface area contributed by atoms with Gasteiger partial charge in [0, 0.05) is 13.6 Å². The lowest BCUT2D eigenvalue weighted by atomic mass is 10.1. The predicted octanol–water partition coefficient (Wildman–Crippen LogP) is 3.00. The molecular weight excluding hydrogens is 257 g/mol. The van der Waals surface area contributed by atoms with Crippen LogP contribution in [-0.4, -0.2) is 25.8 Å². The van der Waals surface area contributed by atoms with Crippen molar-refractivity contribution in [1.82, 2.24) is 0 Å². The van der Waals surface area contributed by atoms with Crippen molar-refractivity contribution in [3.8, 4) is 5.75 Å². The van der Waals surface area contributed by atoms with E-state index < -0.39 is 6.10 Å². The van der Waals surface area contributed by atoms with Crippen LogP contribution in [0.1, 0.15) is 11.7 Å². The number of rotatable bonds is 5. The number of nitrogens with zero attached hydrogens (tertiary/aromatic N) is 1. The number of halogens is 1. The number of anilines is 1. The van der Waals surface area contributed by atoms with E-state index in [2.05, 4.69) is 0 Å². The summed E-state index contributed by atoms with van der Waals surface area (Å²) in [6, 6.07) is 13.7. The van der Waals surface area contributed by atoms with Crippen LogP contribution in [0.5, 0.6) is 5.75 Å². The Labute approximate surface area is 118 Å². The summed E-state index contributed by atoms with van der Waals surface area (Å²) in [4.78, 5) is 1.70. The van der Waals surface area contributed by atoms with E-state index in [-0.39, 0.29) is 5.82 Å². The summed E-state index contributed by atoms with van der Waals surface area (Å²) in [6.07, 6.45) is -0.689. The van der Waals surface area contributed by atoms with E-state index in [0.717, 1.165) is 11.3 Å². The van der Waals surface area contributed by atoms with Crippen molar-refractivity contribution < 1.29 is 14.2 Å². The summed E-state index contributed by atoms with van der Waals surface area (Å²) in [5, 5.41) is 10.2. The molecule has 2 aromatic carbocycles. The van der Waals surface area contributed by atoms with Gasteiger partial charge in [0.25, 0.3) is 0 Å². The summed E-state index contributed by atoms with van der Waals surface area (Å²) in [7, 11) is 3.35. The molecule has 1 N–H and O–H groups in total. The third-order valence-corrected chi connectivity index (χ3v) is 3.21. The Morgan fingerprint density at radius 2 is 1.80 bits per heavy atom. The van der Waals surface area contributed by atoms with Gasteiger partial charge in [0.2, 0.25) is 0 Å². The molecule has 20 heavy (non-hydrogen) atoms. The van der Waals surface area contributed by atoms with Gasteiger partial charge in [-0.15, -0.1) is 0 Å². The molecule has 0 aliphatic heterocycles. The average molecular weight is 275 g/mol. The first-order valence-corrected chi connectivity index (χ1v) is 6.39. The molecule has 106 valence electrons. The van der Waals surface area contributed by atoms with Crippen LogP contribution in [0, 0.1) is 5.82 Å². The molecule has 0 amide bonds. The maximum Gasteiger partial charge on any atom is 0.146 e. The zero-order valence-electron chi connectivity index (χ0n) is 11.6. The highest BCUT2D eigenvalue weighted by molar-refractivity contribution is 5.47. The van der Waals surface area contributed by atoms with Gasteiger partial charge < -0.3 is 14.7 Å². The molecule has 0 saturated carbocycles. The topological polar surface area (TPSA) is 32.7 Å². The molecule has 3 nitrogen and oxygen atoms in total. The number of para-hydroxylation sites is 1. The molecule has 0 aliphatic carbocycles. The van der Waals surface area contributed by atoms with Gasteiger partial charge in [-0.05, 0) is 29.8 Å². The van der Waals surface area contributed by atoms with Crippen LogP contribution in [0.4, 0.5) is 10.1 Å².